The van der Waals surface area contributed by atoms with Gasteiger partial charge < -0.3 is 9.47 Å². The molecule has 0 aliphatic carbocycles. The summed E-state index contributed by atoms with van der Waals surface area (Å²) in [6, 6.07) is 7.58. The SMILES string of the molecule is COC(=O)[C@]1(C)C[C@H](C(=O)OC(C)(C)C)[C@H](c2ccccc2C)N1. The Morgan fingerprint density at radius 3 is 2.42 bits per heavy atom. The first kappa shape index (κ1) is 18.5. The molecule has 1 heterocycles. The van der Waals surface area contributed by atoms with Crippen LogP contribution >= 0.6 is 0 Å². The highest BCUT2D eigenvalue weighted by atomic mass is 16.6. The minimum atomic E-state index is -0.913. The minimum Gasteiger partial charge on any atom is -0.468 e. The van der Waals surface area contributed by atoms with Crippen molar-refractivity contribution in [3.05, 3.63) is 35.4 Å². The van der Waals surface area contributed by atoms with Crippen molar-refractivity contribution < 1.29 is 19.1 Å². The Balaban J connectivity index is 2.39. The second-order valence-corrected chi connectivity index (χ2v) is 7.65. The molecule has 1 N–H and O–H groups in total. The number of rotatable bonds is 3. The zero-order valence-electron chi connectivity index (χ0n) is 15.3. The van der Waals surface area contributed by atoms with Crippen molar-refractivity contribution in [3.63, 3.8) is 0 Å². The van der Waals surface area contributed by atoms with Gasteiger partial charge >= 0.3 is 11.9 Å². The Morgan fingerprint density at radius 1 is 1.25 bits per heavy atom. The van der Waals surface area contributed by atoms with Crippen LogP contribution in [0.5, 0.6) is 0 Å². The van der Waals surface area contributed by atoms with Crippen LogP contribution in [0.15, 0.2) is 24.3 Å². The zero-order valence-corrected chi connectivity index (χ0v) is 15.3. The predicted molar refractivity (Wildman–Crippen MR) is 91.4 cm³/mol. The Kier molecular flexibility index (Phi) is 5.04. The van der Waals surface area contributed by atoms with Crippen LogP contribution in [-0.4, -0.2) is 30.2 Å². The third kappa shape index (κ3) is 3.78. The topological polar surface area (TPSA) is 64.6 Å². The lowest BCUT2D eigenvalue weighted by atomic mass is 9.88. The summed E-state index contributed by atoms with van der Waals surface area (Å²) in [6.45, 7) is 9.30. The molecular formula is C19H27NO4. The van der Waals surface area contributed by atoms with Crippen LogP contribution in [0.2, 0.25) is 0 Å². The van der Waals surface area contributed by atoms with Gasteiger partial charge in [-0.1, -0.05) is 24.3 Å². The molecule has 5 heteroatoms. The smallest absolute Gasteiger partial charge is 0.325 e. The summed E-state index contributed by atoms with van der Waals surface area (Å²) in [7, 11) is 1.36. The molecule has 1 aromatic rings. The number of benzene rings is 1. The zero-order chi connectivity index (χ0) is 18.1. The lowest BCUT2D eigenvalue weighted by Crippen LogP contribution is -2.46. The Labute approximate surface area is 143 Å². The summed E-state index contributed by atoms with van der Waals surface area (Å²) in [5.41, 5.74) is 0.583. The number of carbonyl (C=O) groups is 2. The first-order chi connectivity index (χ1) is 11.1. The second kappa shape index (κ2) is 6.55. The Morgan fingerprint density at radius 2 is 1.88 bits per heavy atom. The van der Waals surface area contributed by atoms with Gasteiger partial charge in [-0.15, -0.1) is 0 Å². The van der Waals surface area contributed by atoms with E-state index in [2.05, 4.69) is 5.32 Å². The fraction of sp³-hybridized carbons (Fsp3) is 0.579. The number of nitrogens with one attached hydrogen (secondary N) is 1. The Hall–Kier alpha value is -1.88. The van der Waals surface area contributed by atoms with E-state index < -0.39 is 17.1 Å². The largest absolute Gasteiger partial charge is 0.468 e. The van der Waals surface area contributed by atoms with Crippen LogP contribution in [-0.2, 0) is 19.1 Å². The van der Waals surface area contributed by atoms with Gasteiger partial charge in [0.2, 0.25) is 0 Å². The quantitative estimate of drug-likeness (QED) is 0.862. The van der Waals surface area contributed by atoms with Gasteiger partial charge in [0, 0.05) is 6.04 Å². The molecule has 1 fully saturated rings. The van der Waals surface area contributed by atoms with Crippen molar-refractivity contribution in [1.82, 2.24) is 5.32 Å². The van der Waals surface area contributed by atoms with Crippen molar-refractivity contribution in [3.8, 4) is 0 Å². The van der Waals surface area contributed by atoms with Crippen molar-refractivity contribution >= 4 is 11.9 Å². The first-order valence-electron chi connectivity index (χ1n) is 8.22. The minimum absolute atomic E-state index is 0.287. The van der Waals surface area contributed by atoms with E-state index >= 15 is 0 Å². The van der Waals surface area contributed by atoms with Crippen LogP contribution in [0.3, 0.4) is 0 Å². The van der Waals surface area contributed by atoms with Crippen molar-refractivity contribution in [2.24, 2.45) is 5.92 Å². The number of carbonyl (C=O) groups excluding carboxylic acids is 2. The molecule has 132 valence electrons. The lowest BCUT2D eigenvalue weighted by Gasteiger charge is -2.25. The molecule has 0 saturated carbocycles. The van der Waals surface area contributed by atoms with Crippen LogP contribution in [0.1, 0.15) is 51.3 Å². The normalized spacial score (nSPS) is 26.9. The molecule has 0 aromatic heterocycles. The van der Waals surface area contributed by atoms with Gasteiger partial charge in [-0.3, -0.25) is 14.9 Å². The maximum atomic E-state index is 12.7. The molecule has 5 nitrogen and oxygen atoms in total. The molecule has 2 rings (SSSR count). The second-order valence-electron chi connectivity index (χ2n) is 7.65. The number of aryl methyl sites for hydroxylation is 1. The third-order valence-corrected chi connectivity index (χ3v) is 4.37. The Bertz CT molecular complexity index is 634. The van der Waals surface area contributed by atoms with Gasteiger partial charge in [-0.05, 0) is 52.2 Å². The van der Waals surface area contributed by atoms with E-state index in [4.69, 9.17) is 9.47 Å². The van der Waals surface area contributed by atoms with Crippen molar-refractivity contribution in [1.29, 1.82) is 0 Å². The third-order valence-electron chi connectivity index (χ3n) is 4.37. The molecule has 1 saturated heterocycles. The van der Waals surface area contributed by atoms with E-state index in [9.17, 15) is 9.59 Å². The molecule has 1 aliphatic rings. The van der Waals surface area contributed by atoms with Crippen LogP contribution in [0, 0.1) is 12.8 Å². The average molecular weight is 333 g/mol. The fourth-order valence-electron chi connectivity index (χ4n) is 3.26. The number of esters is 2. The molecule has 0 spiro atoms. The van der Waals surface area contributed by atoms with E-state index in [1.54, 1.807) is 6.92 Å². The predicted octanol–water partition coefficient (Wildman–Crippen LogP) is 2.92. The van der Waals surface area contributed by atoms with E-state index in [1.165, 1.54) is 7.11 Å². The van der Waals surface area contributed by atoms with Gasteiger partial charge in [0.1, 0.15) is 11.1 Å². The highest BCUT2D eigenvalue weighted by Crippen LogP contribution is 2.41. The number of hydrogen-bond acceptors (Lipinski definition) is 5. The molecule has 0 bridgehead atoms. The fourth-order valence-corrected chi connectivity index (χ4v) is 3.26. The maximum Gasteiger partial charge on any atom is 0.325 e. The van der Waals surface area contributed by atoms with Gasteiger partial charge in [0.25, 0.3) is 0 Å². The van der Waals surface area contributed by atoms with E-state index in [1.807, 2.05) is 52.0 Å². The molecule has 1 aliphatic heterocycles. The summed E-state index contributed by atoms with van der Waals surface area (Å²) >= 11 is 0. The van der Waals surface area contributed by atoms with Crippen molar-refractivity contribution in [2.75, 3.05) is 7.11 Å². The lowest BCUT2D eigenvalue weighted by molar-refractivity contribution is -0.160. The summed E-state index contributed by atoms with van der Waals surface area (Å²) < 4.78 is 10.5. The molecule has 24 heavy (non-hydrogen) atoms. The van der Waals surface area contributed by atoms with Crippen molar-refractivity contribution in [2.45, 2.75) is 58.2 Å². The average Bonchev–Trinajstić information content (AvgIpc) is 2.84. The standard InChI is InChI=1S/C19H27NO4/c1-12-9-7-8-10-13(12)15-14(16(21)24-18(2,3)4)11-19(5,20-15)17(22)23-6/h7-10,14-15,20H,11H2,1-6H3/t14-,15-,19-/m0/s1. The number of hydrogen-bond donors (Lipinski definition) is 1. The van der Waals surface area contributed by atoms with Gasteiger partial charge in [0.15, 0.2) is 0 Å². The first-order valence-corrected chi connectivity index (χ1v) is 8.22. The summed E-state index contributed by atoms with van der Waals surface area (Å²) in [4.78, 5) is 25.0. The highest BCUT2D eigenvalue weighted by molar-refractivity contribution is 5.84. The summed E-state index contributed by atoms with van der Waals surface area (Å²) in [5, 5.41) is 3.32. The van der Waals surface area contributed by atoms with Crippen LogP contribution < -0.4 is 5.32 Å². The molecule has 3 atom stereocenters. The van der Waals surface area contributed by atoms with Gasteiger partial charge in [-0.2, -0.15) is 0 Å². The van der Waals surface area contributed by atoms with E-state index in [0.717, 1.165) is 11.1 Å². The molecular weight excluding hydrogens is 306 g/mol. The van der Waals surface area contributed by atoms with E-state index in [0.29, 0.717) is 6.42 Å². The molecule has 0 unspecified atom stereocenters. The maximum absolute atomic E-state index is 12.7. The number of methoxy groups -OCH3 is 1. The van der Waals surface area contributed by atoms with Crippen LogP contribution in [0.4, 0.5) is 0 Å². The highest BCUT2D eigenvalue weighted by Gasteiger charge is 2.51. The molecule has 0 radical (unpaired) electrons. The van der Waals surface area contributed by atoms with E-state index in [-0.39, 0.29) is 18.0 Å². The van der Waals surface area contributed by atoms with Gasteiger partial charge in [0.05, 0.1) is 13.0 Å². The summed E-state index contributed by atoms with van der Waals surface area (Å²) in [5.74, 6) is -1.11. The summed E-state index contributed by atoms with van der Waals surface area (Å²) in [6.07, 6.45) is 0.341. The van der Waals surface area contributed by atoms with Gasteiger partial charge in [-0.25, -0.2) is 0 Å². The molecule has 0 amide bonds. The molecule has 1 aromatic carbocycles. The van der Waals surface area contributed by atoms with Crippen LogP contribution in [0.25, 0.3) is 0 Å². The monoisotopic (exact) mass is 333 g/mol. The number of ether oxygens (including phenoxy) is 2.